The summed E-state index contributed by atoms with van der Waals surface area (Å²) in [5.74, 6) is -0.249. The van der Waals surface area contributed by atoms with E-state index in [1.807, 2.05) is 0 Å². The van der Waals surface area contributed by atoms with Crippen molar-refractivity contribution in [3.8, 4) is 0 Å². The maximum Gasteiger partial charge on any atom is 0.277 e. The van der Waals surface area contributed by atoms with Crippen molar-refractivity contribution in [2.45, 2.75) is 0 Å². The quantitative estimate of drug-likeness (QED) is 0.374. The summed E-state index contributed by atoms with van der Waals surface area (Å²) in [6.07, 6.45) is 4.75. The van der Waals surface area contributed by atoms with Gasteiger partial charge in [0.15, 0.2) is 0 Å². The lowest BCUT2D eigenvalue weighted by Gasteiger charge is -2.13. The molecule has 0 radical (unpaired) electrons. The number of carbonyl (C=O) groups is 2. The van der Waals surface area contributed by atoms with Gasteiger partial charge in [-0.3, -0.25) is 24.0 Å². The van der Waals surface area contributed by atoms with E-state index in [2.05, 4.69) is 25.4 Å². The van der Waals surface area contributed by atoms with Gasteiger partial charge in [0.2, 0.25) is 19.1 Å². The molecular weight excluding hydrogens is 528 g/mol. The van der Waals surface area contributed by atoms with E-state index in [4.69, 9.17) is 15.4 Å². The largest absolute Gasteiger partial charge is 0.384 e. The highest BCUT2D eigenvalue weighted by atomic mass is 35.7. The van der Waals surface area contributed by atoms with E-state index in [1.54, 1.807) is 6.07 Å². The number of nitrogens with zero attached hydrogens (tertiary/aromatic N) is 4. The first kappa shape index (κ1) is 31.9. The molecule has 2 heterocycles. The van der Waals surface area contributed by atoms with Gasteiger partial charge in [-0.1, -0.05) is 0 Å². The molecule has 3 N–H and O–H groups in total. The fourth-order valence-electron chi connectivity index (χ4n) is 1.92. The molecule has 35 heavy (non-hydrogen) atoms. The fourth-order valence-corrected chi connectivity index (χ4v) is 2.41. The summed E-state index contributed by atoms with van der Waals surface area (Å²) in [5, 5.41) is 2.15. The Morgan fingerprint density at radius 2 is 1.31 bits per heavy atom. The third-order valence-electron chi connectivity index (χ3n) is 3.44. The van der Waals surface area contributed by atoms with Crippen molar-refractivity contribution in [2.75, 3.05) is 51.3 Å². The number of carbonyl (C=O) groups excluding carboxylic acids is 2. The first-order valence-electron chi connectivity index (χ1n) is 9.17. The van der Waals surface area contributed by atoms with Crippen molar-refractivity contribution < 1.29 is 36.1 Å². The molecule has 0 unspecified atom stereocenters. The molecule has 196 valence electrons. The lowest BCUT2D eigenvalue weighted by atomic mass is 10.2. The van der Waals surface area contributed by atoms with Crippen LogP contribution in [0.4, 0.5) is 11.6 Å². The number of halogens is 1. The Balaban J connectivity index is 0.000000567. The molecule has 0 saturated carbocycles. The first-order chi connectivity index (χ1) is 16.0. The number of hydroxylamine groups is 4. The van der Waals surface area contributed by atoms with Crippen molar-refractivity contribution in [3.05, 3.63) is 47.8 Å². The summed E-state index contributed by atoms with van der Waals surface area (Å²) < 4.78 is 43.0. The number of anilines is 2. The molecule has 0 saturated heterocycles. The molecule has 17 heteroatoms. The topological polar surface area (TPSA) is 191 Å². The molecule has 14 nitrogen and oxygen atoms in total. The maximum atomic E-state index is 11.7. The monoisotopic (exact) mass is 554 g/mol. The molecule has 2 amide bonds. The third kappa shape index (κ3) is 14.7. The van der Waals surface area contributed by atoms with Gasteiger partial charge in [0.25, 0.3) is 11.8 Å². The van der Waals surface area contributed by atoms with Gasteiger partial charge in [-0.15, -0.1) is 0 Å². The molecule has 0 aliphatic rings. The summed E-state index contributed by atoms with van der Waals surface area (Å²) in [5.41, 5.74) is 6.14. The van der Waals surface area contributed by atoms with Gasteiger partial charge in [0.1, 0.15) is 11.6 Å². The van der Waals surface area contributed by atoms with Crippen molar-refractivity contribution in [3.63, 3.8) is 0 Å². The predicted octanol–water partition coefficient (Wildman–Crippen LogP) is 0.569. The lowest BCUT2D eigenvalue weighted by Crippen LogP contribution is -2.25. The highest BCUT2D eigenvalue weighted by Crippen LogP contribution is 2.10. The van der Waals surface area contributed by atoms with Crippen LogP contribution in [0.25, 0.3) is 0 Å². The zero-order valence-corrected chi connectivity index (χ0v) is 22.2. The van der Waals surface area contributed by atoms with Crippen LogP contribution < -0.4 is 10.5 Å². The molecule has 0 aromatic carbocycles. The van der Waals surface area contributed by atoms with Gasteiger partial charge in [-0.25, -0.2) is 36.9 Å². The molecule has 0 fully saturated rings. The predicted molar refractivity (Wildman–Crippen MR) is 130 cm³/mol. The van der Waals surface area contributed by atoms with Crippen LogP contribution in [-0.2, 0) is 28.7 Å². The highest BCUT2D eigenvalue weighted by molar-refractivity contribution is 8.13. The Bertz CT molecular complexity index is 1200. The molecule has 2 rings (SSSR count). The van der Waals surface area contributed by atoms with E-state index in [0.717, 1.165) is 22.6 Å². The van der Waals surface area contributed by atoms with E-state index in [9.17, 15) is 26.4 Å². The fraction of sp³-hybridized carbons (Fsp3) is 0.333. The van der Waals surface area contributed by atoms with Gasteiger partial charge >= 0.3 is 0 Å². The summed E-state index contributed by atoms with van der Waals surface area (Å²) in [4.78, 5) is 40.2. The lowest BCUT2D eigenvalue weighted by molar-refractivity contribution is -0.0757. The van der Waals surface area contributed by atoms with Gasteiger partial charge < -0.3 is 5.73 Å². The zero-order chi connectivity index (χ0) is 27.4. The van der Waals surface area contributed by atoms with E-state index in [0.29, 0.717) is 11.4 Å². The van der Waals surface area contributed by atoms with Crippen molar-refractivity contribution >= 4 is 53.2 Å². The normalized spacial score (nSPS) is 10.6. The number of nitrogens with one attached hydrogen (secondary N) is 1. The number of aromatic nitrogens is 2. The van der Waals surface area contributed by atoms with Crippen LogP contribution in [0.3, 0.4) is 0 Å². The Labute approximate surface area is 208 Å². The molecule has 0 atom stereocenters. The van der Waals surface area contributed by atoms with E-state index in [1.165, 1.54) is 58.9 Å². The average Bonchev–Trinajstić information content (AvgIpc) is 2.75. The standard InChI is InChI=1S/C9H13N3O4S.C8H11N3O2.CH3ClO2S/c1-12(16-2)9(13)7-4-5-10-8(6-7)11-17(3,14)15;1-11(13-2)8(12)6-3-4-10-7(9)5-6;1-5(2,3)4/h4-6H,1-3H3,(H,10,11);3-5H,1-2H3,(H2,9,10);1H3. The van der Waals surface area contributed by atoms with Crippen molar-refractivity contribution in [1.82, 2.24) is 20.1 Å². The number of amides is 2. The van der Waals surface area contributed by atoms with Crippen LogP contribution in [0.5, 0.6) is 0 Å². The van der Waals surface area contributed by atoms with Crippen LogP contribution in [0.2, 0.25) is 0 Å². The minimum Gasteiger partial charge on any atom is -0.384 e. The highest BCUT2D eigenvalue weighted by Gasteiger charge is 2.13. The van der Waals surface area contributed by atoms with Crippen molar-refractivity contribution in [1.29, 1.82) is 0 Å². The van der Waals surface area contributed by atoms with Gasteiger partial charge in [0, 0.05) is 48.3 Å². The van der Waals surface area contributed by atoms with Gasteiger partial charge in [-0.2, -0.15) is 0 Å². The molecular formula is C18H27ClN6O8S2. The third-order valence-corrected chi connectivity index (χ3v) is 4.02. The van der Waals surface area contributed by atoms with Crippen molar-refractivity contribution in [2.24, 2.45) is 0 Å². The van der Waals surface area contributed by atoms with E-state index in [-0.39, 0.29) is 17.3 Å². The Morgan fingerprint density at radius 1 is 0.914 bits per heavy atom. The molecule has 0 bridgehead atoms. The average molecular weight is 555 g/mol. The number of rotatable bonds is 6. The second-order valence-electron chi connectivity index (χ2n) is 6.43. The molecule has 0 spiro atoms. The number of sulfonamides is 1. The van der Waals surface area contributed by atoms with Crippen LogP contribution in [0.1, 0.15) is 20.7 Å². The first-order valence-corrected chi connectivity index (χ1v) is 13.8. The minimum absolute atomic E-state index is 0.0860. The van der Waals surface area contributed by atoms with Crippen LogP contribution in [0.15, 0.2) is 36.7 Å². The number of nitrogens with two attached hydrogens (primary N) is 1. The van der Waals surface area contributed by atoms with E-state index < -0.39 is 25.0 Å². The summed E-state index contributed by atoms with van der Waals surface area (Å²) in [7, 11) is 3.65. The number of hydrogen-bond acceptors (Lipinski definition) is 11. The molecule has 0 aliphatic carbocycles. The second-order valence-corrected chi connectivity index (χ2v) is 11.2. The molecule has 0 aliphatic heterocycles. The molecule has 2 aromatic rings. The number of nitrogen functional groups attached to an aromatic ring is 1. The Hall–Kier alpha value is -3.05. The van der Waals surface area contributed by atoms with Gasteiger partial charge in [0.05, 0.1) is 26.7 Å². The Morgan fingerprint density at radius 3 is 1.69 bits per heavy atom. The second kappa shape index (κ2) is 14.4. The Kier molecular flexibility index (Phi) is 13.1. The van der Waals surface area contributed by atoms with Crippen LogP contribution >= 0.6 is 10.7 Å². The number of hydrogen-bond donors (Lipinski definition) is 2. The van der Waals surface area contributed by atoms with E-state index >= 15 is 0 Å². The minimum atomic E-state index is -3.41. The SMILES string of the molecule is CON(C)C(=O)c1ccnc(N)c1.CON(C)C(=O)c1ccnc(NS(C)(=O)=O)c1.CS(=O)(=O)Cl. The van der Waals surface area contributed by atoms with Crippen LogP contribution in [-0.4, -0.2) is 89.6 Å². The smallest absolute Gasteiger partial charge is 0.277 e. The maximum absolute atomic E-state index is 11.7. The van der Waals surface area contributed by atoms with Gasteiger partial charge in [-0.05, 0) is 24.3 Å². The molecule has 2 aromatic heterocycles. The summed E-state index contributed by atoms with van der Waals surface area (Å²) in [6, 6.07) is 5.87. The summed E-state index contributed by atoms with van der Waals surface area (Å²) >= 11 is 0. The zero-order valence-electron chi connectivity index (χ0n) is 19.8. The number of pyridine rings is 2. The van der Waals surface area contributed by atoms with Crippen LogP contribution in [0, 0.1) is 0 Å². The summed E-state index contributed by atoms with van der Waals surface area (Å²) in [6.45, 7) is 0.